The van der Waals surface area contributed by atoms with Crippen molar-refractivity contribution in [3.63, 3.8) is 0 Å². The van der Waals surface area contributed by atoms with Gasteiger partial charge in [-0.2, -0.15) is 0 Å². The molecule has 0 saturated heterocycles. The summed E-state index contributed by atoms with van der Waals surface area (Å²) in [6.45, 7) is 0.802. The Kier molecular flexibility index (Phi) is 5.41. The number of hydrogen-bond acceptors (Lipinski definition) is 4. The highest BCUT2D eigenvalue weighted by Gasteiger charge is 2.16. The van der Waals surface area contributed by atoms with Crippen molar-refractivity contribution in [2.75, 3.05) is 27.3 Å². The molecule has 118 valence electrons. The van der Waals surface area contributed by atoms with E-state index in [9.17, 15) is 8.42 Å². The summed E-state index contributed by atoms with van der Waals surface area (Å²) in [6, 6.07) is 15.8. The van der Waals surface area contributed by atoms with E-state index in [1.807, 2.05) is 30.3 Å². The molecule has 0 unspecified atom stereocenters. The molecule has 0 fully saturated rings. The van der Waals surface area contributed by atoms with E-state index >= 15 is 0 Å². The van der Waals surface area contributed by atoms with Gasteiger partial charge in [0.05, 0.1) is 4.90 Å². The zero-order valence-corrected chi connectivity index (χ0v) is 13.4. The first-order valence-electron chi connectivity index (χ1n) is 6.83. The van der Waals surface area contributed by atoms with Crippen LogP contribution in [-0.4, -0.2) is 40.0 Å². The summed E-state index contributed by atoms with van der Waals surface area (Å²) in [5, 5.41) is 0. The maximum atomic E-state index is 11.9. The van der Waals surface area contributed by atoms with Crippen molar-refractivity contribution >= 4 is 10.0 Å². The second kappa shape index (κ2) is 7.29. The minimum absolute atomic E-state index is 0.241. The average molecular weight is 321 g/mol. The summed E-state index contributed by atoms with van der Waals surface area (Å²) < 4.78 is 36.1. The molecular formula is C16H19NO4S. The van der Waals surface area contributed by atoms with Crippen molar-refractivity contribution in [1.29, 1.82) is 0 Å². The van der Waals surface area contributed by atoms with Gasteiger partial charge in [-0.1, -0.05) is 18.2 Å². The zero-order valence-electron chi connectivity index (χ0n) is 12.6. The number of sulfonamides is 1. The van der Waals surface area contributed by atoms with E-state index in [2.05, 4.69) is 0 Å². The third kappa shape index (κ3) is 4.22. The topological polar surface area (TPSA) is 55.8 Å². The van der Waals surface area contributed by atoms with Crippen LogP contribution in [0.25, 0.3) is 0 Å². The molecule has 0 heterocycles. The lowest BCUT2D eigenvalue weighted by molar-refractivity contribution is 0.217. The van der Waals surface area contributed by atoms with Gasteiger partial charge in [-0.15, -0.1) is 0 Å². The van der Waals surface area contributed by atoms with Gasteiger partial charge in [0.2, 0.25) is 10.0 Å². The smallest absolute Gasteiger partial charge is 0.242 e. The molecular weight excluding hydrogens is 302 g/mol. The molecule has 5 nitrogen and oxygen atoms in total. The van der Waals surface area contributed by atoms with Crippen LogP contribution in [0.3, 0.4) is 0 Å². The first-order chi connectivity index (χ1) is 10.5. The highest BCUT2D eigenvalue weighted by molar-refractivity contribution is 7.89. The summed E-state index contributed by atoms with van der Waals surface area (Å²) >= 11 is 0. The first-order valence-corrected chi connectivity index (χ1v) is 8.27. The molecule has 2 rings (SSSR count). The minimum atomic E-state index is -3.40. The molecule has 0 N–H and O–H groups in total. The Labute approximate surface area is 131 Å². The van der Waals surface area contributed by atoms with Gasteiger partial charge in [-0.05, 0) is 36.4 Å². The fraction of sp³-hybridized carbons (Fsp3) is 0.250. The SMILES string of the molecule is CN(C)S(=O)(=O)c1ccc(OCCOc2ccccc2)cc1. The van der Waals surface area contributed by atoms with Gasteiger partial charge in [-0.25, -0.2) is 12.7 Å². The van der Waals surface area contributed by atoms with Gasteiger partial charge < -0.3 is 9.47 Å². The molecule has 0 aliphatic heterocycles. The van der Waals surface area contributed by atoms with E-state index in [1.54, 1.807) is 12.1 Å². The molecule has 0 aliphatic carbocycles. The van der Waals surface area contributed by atoms with Crippen molar-refractivity contribution in [1.82, 2.24) is 4.31 Å². The fourth-order valence-corrected chi connectivity index (χ4v) is 2.66. The molecule has 0 bridgehead atoms. The lowest BCUT2D eigenvalue weighted by atomic mass is 10.3. The van der Waals surface area contributed by atoms with Crippen LogP contribution in [0, 0.1) is 0 Å². The van der Waals surface area contributed by atoms with E-state index in [4.69, 9.17) is 9.47 Å². The average Bonchev–Trinajstić information content (AvgIpc) is 2.53. The molecule has 0 aromatic heterocycles. The molecule has 0 spiro atoms. The largest absolute Gasteiger partial charge is 0.490 e. The number of rotatable bonds is 7. The van der Waals surface area contributed by atoms with Crippen LogP contribution in [0.2, 0.25) is 0 Å². The van der Waals surface area contributed by atoms with E-state index in [0.717, 1.165) is 5.75 Å². The summed E-state index contributed by atoms with van der Waals surface area (Å²) in [6.07, 6.45) is 0. The Hall–Kier alpha value is -2.05. The van der Waals surface area contributed by atoms with E-state index in [-0.39, 0.29) is 4.90 Å². The summed E-state index contributed by atoms with van der Waals surface area (Å²) in [4.78, 5) is 0.241. The van der Waals surface area contributed by atoms with Crippen LogP contribution in [-0.2, 0) is 10.0 Å². The van der Waals surface area contributed by atoms with Crippen molar-refractivity contribution in [3.05, 3.63) is 54.6 Å². The van der Waals surface area contributed by atoms with Gasteiger partial charge >= 0.3 is 0 Å². The Bertz CT molecular complexity index is 682. The van der Waals surface area contributed by atoms with Crippen molar-refractivity contribution in [3.8, 4) is 11.5 Å². The molecule has 0 radical (unpaired) electrons. The second-order valence-electron chi connectivity index (χ2n) is 4.77. The molecule has 0 saturated carbocycles. The van der Waals surface area contributed by atoms with Gasteiger partial charge in [0.1, 0.15) is 24.7 Å². The monoisotopic (exact) mass is 321 g/mol. The van der Waals surface area contributed by atoms with E-state index in [1.165, 1.54) is 30.5 Å². The summed E-state index contributed by atoms with van der Waals surface area (Å²) in [5.41, 5.74) is 0. The minimum Gasteiger partial charge on any atom is -0.490 e. The molecule has 0 amide bonds. The summed E-state index contributed by atoms with van der Waals surface area (Å²) in [7, 11) is -0.400. The third-order valence-corrected chi connectivity index (χ3v) is 4.80. The van der Waals surface area contributed by atoms with Crippen molar-refractivity contribution < 1.29 is 17.9 Å². The number of nitrogens with zero attached hydrogens (tertiary/aromatic N) is 1. The fourth-order valence-electron chi connectivity index (χ4n) is 1.75. The lowest BCUT2D eigenvalue weighted by Crippen LogP contribution is -2.22. The maximum absolute atomic E-state index is 11.9. The Morgan fingerprint density at radius 2 is 1.32 bits per heavy atom. The lowest BCUT2D eigenvalue weighted by Gasteiger charge is -2.12. The number of benzene rings is 2. The highest BCUT2D eigenvalue weighted by atomic mass is 32.2. The van der Waals surface area contributed by atoms with Crippen molar-refractivity contribution in [2.24, 2.45) is 0 Å². The quantitative estimate of drug-likeness (QED) is 0.735. The van der Waals surface area contributed by atoms with Crippen LogP contribution in [0.15, 0.2) is 59.5 Å². The first kappa shape index (κ1) is 16.3. The summed E-state index contributed by atoms with van der Waals surface area (Å²) in [5.74, 6) is 1.40. The number of hydrogen-bond donors (Lipinski definition) is 0. The normalized spacial score (nSPS) is 11.4. The molecule has 2 aromatic rings. The third-order valence-electron chi connectivity index (χ3n) is 2.97. The highest BCUT2D eigenvalue weighted by Crippen LogP contribution is 2.18. The van der Waals surface area contributed by atoms with Gasteiger partial charge in [0, 0.05) is 14.1 Å². The van der Waals surface area contributed by atoms with Crippen LogP contribution in [0.5, 0.6) is 11.5 Å². The Morgan fingerprint density at radius 3 is 1.82 bits per heavy atom. The standard InChI is InChI=1S/C16H19NO4S/c1-17(2)22(18,19)16-10-8-15(9-11-16)21-13-12-20-14-6-4-3-5-7-14/h3-11H,12-13H2,1-2H3. The molecule has 22 heavy (non-hydrogen) atoms. The van der Waals surface area contributed by atoms with Crippen LogP contribution < -0.4 is 9.47 Å². The van der Waals surface area contributed by atoms with Crippen molar-refractivity contribution in [2.45, 2.75) is 4.90 Å². The molecule has 0 aliphatic rings. The number of para-hydroxylation sites is 1. The molecule has 0 atom stereocenters. The van der Waals surface area contributed by atoms with Gasteiger partial charge in [-0.3, -0.25) is 0 Å². The van der Waals surface area contributed by atoms with E-state index < -0.39 is 10.0 Å². The predicted octanol–water partition coefficient (Wildman–Crippen LogP) is 2.39. The van der Waals surface area contributed by atoms with Gasteiger partial charge in [0.25, 0.3) is 0 Å². The van der Waals surface area contributed by atoms with Crippen LogP contribution in [0.1, 0.15) is 0 Å². The second-order valence-corrected chi connectivity index (χ2v) is 6.92. The van der Waals surface area contributed by atoms with Gasteiger partial charge in [0.15, 0.2) is 0 Å². The van der Waals surface area contributed by atoms with Crippen LogP contribution in [0.4, 0.5) is 0 Å². The number of ether oxygens (including phenoxy) is 2. The van der Waals surface area contributed by atoms with Crippen LogP contribution >= 0.6 is 0 Å². The Balaban J connectivity index is 1.84. The molecule has 6 heteroatoms. The maximum Gasteiger partial charge on any atom is 0.242 e. The Morgan fingerprint density at radius 1 is 0.818 bits per heavy atom. The predicted molar refractivity (Wildman–Crippen MR) is 84.7 cm³/mol. The zero-order chi connectivity index (χ0) is 16.0. The molecule has 2 aromatic carbocycles. The van der Waals surface area contributed by atoms with E-state index in [0.29, 0.717) is 19.0 Å².